The average Bonchev–Trinajstić information content (AvgIpc) is 2.98. The molecule has 0 radical (unpaired) electrons. The number of hydrogen-bond acceptors (Lipinski definition) is 4. The highest BCUT2D eigenvalue weighted by atomic mass is 35.5. The van der Waals surface area contributed by atoms with Crippen LogP contribution in [0.2, 0.25) is 15.2 Å². The maximum absolute atomic E-state index is 6.15. The molecule has 1 N–H and O–H groups in total. The molecular formula is C16H12Cl3N3S. The van der Waals surface area contributed by atoms with Crippen molar-refractivity contribution in [1.82, 2.24) is 15.3 Å². The van der Waals surface area contributed by atoms with Crippen LogP contribution >= 0.6 is 46.1 Å². The molecule has 7 heteroatoms. The zero-order valence-electron chi connectivity index (χ0n) is 11.9. The summed E-state index contributed by atoms with van der Waals surface area (Å²) in [5.74, 6) is 0. The molecule has 3 nitrogen and oxygen atoms in total. The normalized spacial score (nSPS) is 10.9. The highest BCUT2D eigenvalue weighted by molar-refractivity contribution is 7.15. The van der Waals surface area contributed by atoms with Gasteiger partial charge >= 0.3 is 0 Å². The molecule has 0 unspecified atom stereocenters. The van der Waals surface area contributed by atoms with Crippen molar-refractivity contribution in [3.63, 3.8) is 0 Å². The van der Waals surface area contributed by atoms with Crippen LogP contribution in [0, 0.1) is 0 Å². The van der Waals surface area contributed by atoms with Crippen LogP contribution in [0.3, 0.4) is 0 Å². The van der Waals surface area contributed by atoms with Gasteiger partial charge in [0.15, 0.2) is 0 Å². The predicted molar refractivity (Wildman–Crippen MR) is 97.4 cm³/mol. The fourth-order valence-corrected chi connectivity index (χ4v) is 3.72. The van der Waals surface area contributed by atoms with E-state index in [1.807, 2.05) is 30.5 Å². The fraction of sp³-hybridized carbons (Fsp3) is 0.125. The Labute approximate surface area is 153 Å². The highest BCUT2D eigenvalue weighted by Gasteiger charge is 2.08. The molecule has 3 rings (SSSR count). The molecule has 0 spiro atoms. The molecule has 0 fully saturated rings. The van der Waals surface area contributed by atoms with Crippen LogP contribution < -0.4 is 5.32 Å². The minimum absolute atomic E-state index is 0.489. The third-order valence-corrected chi connectivity index (χ3v) is 5.10. The van der Waals surface area contributed by atoms with Crippen LogP contribution in [0.15, 0.2) is 42.7 Å². The summed E-state index contributed by atoms with van der Waals surface area (Å²) >= 11 is 19.7. The van der Waals surface area contributed by atoms with Gasteiger partial charge in [0.05, 0.1) is 4.88 Å². The van der Waals surface area contributed by atoms with E-state index in [9.17, 15) is 0 Å². The lowest BCUT2D eigenvalue weighted by Crippen LogP contribution is -2.12. The minimum atomic E-state index is 0.489. The molecule has 0 aliphatic rings. The first-order valence-electron chi connectivity index (χ1n) is 6.84. The Kier molecular flexibility index (Phi) is 5.51. The second-order valence-corrected chi connectivity index (χ2v) is 7.12. The standard InChI is InChI=1S/C16H12Cl3N3S/c17-11-4-3-10(13(18)6-11)7-20-9-15-22-8-14(23-15)12-2-1-5-21-16(12)19/h1-6,8,20H,7,9H2. The van der Waals surface area contributed by atoms with Crippen LogP contribution in [0.25, 0.3) is 10.4 Å². The number of aromatic nitrogens is 2. The topological polar surface area (TPSA) is 37.8 Å². The van der Waals surface area contributed by atoms with Crippen molar-refractivity contribution in [3.05, 3.63) is 68.5 Å². The van der Waals surface area contributed by atoms with Gasteiger partial charge in [-0.25, -0.2) is 9.97 Å². The predicted octanol–water partition coefficient (Wildman–Crippen LogP) is 5.46. The lowest BCUT2D eigenvalue weighted by Gasteiger charge is -2.05. The SMILES string of the molecule is Clc1ccc(CNCc2ncc(-c3cccnc3Cl)s2)c(Cl)c1. The van der Waals surface area contributed by atoms with Crippen molar-refractivity contribution in [2.24, 2.45) is 0 Å². The quantitative estimate of drug-likeness (QED) is 0.594. The van der Waals surface area contributed by atoms with Crippen LogP contribution in [0.5, 0.6) is 0 Å². The van der Waals surface area contributed by atoms with Gasteiger partial charge in [0.2, 0.25) is 0 Å². The Morgan fingerprint density at radius 2 is 1.91 bits per heavy atom. The van der Waals surface area contributed by atoms with Gasteiger partial charge in [0.1, 0.15) is 10.2 Å². The summed E-state index contributed by atoms with van der Waals surface area (Å²) < 4.78 is 0. The van der Waals surface area contributed by atoms with Crippen LogP contribution in [0.4, 0.5) is 0 Å². The van der Waals surface area contributed by atoms with Crippen molar-refractivity contribution >= 4 is 46.1 Å². The molecule has 0 atom stereocenters. The van der Waals surface area contributed by atoms with Crippen molar-refractivity contribution in [2.75, 3.05) is 0 Å². The Balaban J connectivity index is 1.63. The van der Waals surface area contributed by atoms with Crippen molar-refractivity contribution < 1.29 is 0 Å². The lowest BCUT2D eigenvalue weighted by atomic mass is 10.2. The summed E-state index contributed by atoms with van der Waals surface area (Å²) in [6.45, 7) is 1.31. The molecular weight excluding hydrogens is 373 g/mol. The van der Waals surface area contributed by atoms with E-state index in [-0.39, 0.29) is 0 Å². The van der Waals surface area contributed by atoms with E-state index in [4.69, 9.17) is 34.8 Å². The molecule has 0 saturated heterocycles. The molecule has 0 bridgehead atoms. The molecule has 0 aliphatic carbocycles. The van der Waals surface area contributed by atoms with Crippen molar-refractivity contribution in [3.8, 4) is 10.4 Å². The summed E-state index contributed by atoms with van der Waals surface area (Å²) in [5, 5.41) is 6.09. The number of hydrogen-bond donors (Lipinski definition) is 1. The maximum atomic E-state index is 6.15. The van der Waals surface area contributed by atoms with E-state index in [0.29, 0.717) is 28.3 Å². The molecule has 0 aliphatic heterocycles. The van der Waals surface area contributed by atoms with Gasteiger partial charge in [-0.15, -0.1) is 11.3 Å². The van der Waals surface area contributed by atoms with Gasteiger partial charge in [0.25, 0.3) is 0 Å². The Bertz CT molecular complexity index is 820. The summed E-state index contributed by atoms with van der Waals surface area (Å²) in [6.07, 6.45) is 3.49. The molecule has 3 aromatic rings. The number of nitrogens with one attached hydrogen (secondary N) is 1. The zero-order valence-corrected chi connectivity index (χ0v) is 15.0. The minimum Gasteiger partial charge on any atom is -0.306 e. The Hall–Kier alpha value is -1.17. The van der Waals surface area contributed by atoms with Crippen LogP contribution in [-0.2, 0) is 13.1 Å². The van der Waals surface area contributed by atoms with Crippen LogP contribution in [0.1, 0.15) is 10.6 Å². The van der Waals surface area contributed by atoms with E-state index in [2.05, 4.69) is 15.3 Å². The summed E-state index contributed by atoms with van der Waals surface area (Å²) in [4.78, 5) is 9.51. The average molecular weight is 385 g/mol. The molecule has 2 heterocycles. The smallest absolute Gasteiger partial charge is 0.137 e. The second-order valence-electron chi connectivity index (χ2n) is 4.80. The Morgan fingerprint density at radius 3 is 2.70 bits per heavy atom. The van der Waals surface area contributed by atoms with Gasteiger partial charge in [-0.2, -0.15) is 0 Å². The van der Waals surface area contributed by atoms with Crippen LogP contribution in [-0.4, -0.2) is 9.97 Å². The first-order chi connectivity index (χ1) is 11.1. The van der Waals surface area contributed by atoms with E-state index in [0.717, 1.165) is 21.0 Å². The number of benzene rings is 1. The van der Waals surface area contributed by atoms with Crippen molar-refractivity contribution in [1.29, 1.82) is 0 Å². The molecule has 23 heavy (non-hydrogen) atoms. The Morgan fingerprint density at radius 1 is 1.04 bits per heavy atom. The van der Waals surface area contributed by atoms with Crippen molar-refractivity contribution in [2.45, 2.75) is 13.1 Å². The first kappa shape index (κ1) is 16.7. The molecule has 118 valence electrons. The highest BCUT2D eigenvalue weighted by Crippen LogP contribution is 2.30. The van der Waals surface area contributed by atoms with E-state index in [1.165, 1.54) is 0 Å². The second kappa shape index (κ2) is 7.60. The largest absolute Gasteiger partial charge is 0.306 e. The number of pyridine rings is 1. The summed E-state index contributed by atoms with van der Waals surface area (Å²) in [6, 6.07) is 9.29. The van der Waals surface area contributed by atoms with E-state index < -0.39 is 0 Å². The molecule has 0 amide bonds. The number of nitrogens with zero attached hydrogens (tertiary/aromatic N) is 2. The monoisotopic (exact) mass is 383 g/mol. The number of rotatable bonds is 5. The number of thiazole rings is 1. The van der Waals surface area contributed by atoms with Gasteiger partial charge in [-0.1, -0.05) is 40.9 Å². The first-order valence-corrected chi connectivity index (χ1v) is 8.79. The number of halogens is 3. The van der Waals surface area contributed by atoms with Gasteiger partial charge in [-0.05, 0) is 29.8 Å². The maximum Gasteiger partial charge on any atom is 0.137 e. The van der Waals surface area contributed by atoms with Gasteiger partial charge < -0.3 is 5.32 Å². The summed E-state index contributed by atoms with van der Waals surface area (Å²) in [5.41, 5.74) is 1.90. The van der Waals surface area contributed by atoms with E-state index >= 15 is 0 Å². The molecule has 0 saturated carbocycles. The van der Waals surface area contributed by atoms with Gasteiger partial charge in [0, 0.05) is 41.1 Å². The summed E-state index contributed by atoms with van der Waals surface area (Å²) in [7, 11) is 0. The third kappa shape index (κ3) is 4.22. The van der Waals surface area contributed by atoms with Gasteiger partial charge in [-0.3, -0.25) is 0 Å². The lowest BCUT2D eigenvalue weighted by molar-refractivity contribution is 0.690. The zero-order chi connectivity index (χ0) is 16.2. The molecule has 2 aromatic heterocycles. The molecule has 1 aromatic carbocycles. The van der Waals surface area contributed by atoms with E-state index in [1.54, 1.807) is 23.6 Å². The fourth-order valence-electron chi connectivity index (χ4n) is 2.06. The third-order valence-electron chi connectivity index (χ3n) is 3.18.